The molecule has 11 heteroatoms. The first kappa shape index (κ1) is 32.4. The predicted octanol–water partition coefficient (Wildman–Crippen LogP) is 8.09. The first-order valence-electron chi connectivity index (χ1n) is 17.5. The second-order valence-corrected chi connectivity index (χ2v) is 15.3. The van der Waals surface area contributed by atoms with Gasteiger partial charge in [0.2, 0.25) is 11.3 Å². The van der Waals surface area contributed by atoms with Crippen molar-refractivity contribution in [3.63, 3.8) is 0 Å². The minimum Gasteiger partial charge on any atom is -0.492 e. The number of rotatable bonds is 4. The van der Waals surface area contributed by atoms with Crippen molar-refractivity contribution in [3.8, 4) is 51.3 Å². The number of aromatic nitrogens is 8. The van der Waals surface area contributed by atoms with Crippen LogP contribution in [0.5, 0.6) is 5.75 Å². The number of benzene rings is 4. The lowest BCUT2D eigenvalue weighted by atomic mass is 9.86. The van der Waals surface area contributed by atoms with E-state index in [4.69, 9.17) is 29.7 Å². The molecule has 8 bridgehead atoms. The molecule has 0 unspecified atom stereocenters. The van der Waals surface area contributed by atoms with Gasteiger partial charge in [-0.05, 0) is 61.2 Å². The van der Waals surface area contributed by atoms with E-state index in [1.165, 1.54) is 5.56 Å². The Morgan fingerprint density at radius 2 is 1.13 bits per heavy atom. The number of carboxylic acids is 1. The Morgan fingerprint density at radius 3 is 1.66 bits per heavy atom. The number of aromatic amines is 2. The second kappa shape index (κ2) is 11.5. The van der Waals surface area contributed by atoms with Crippen LogP contribution in [0.25, 0.3) is 89.7 Å². The van der Waals surface area contributed by atoms with E-state index in [1.54, 1.807) is 13.8 Å². The number of nitrogens with zero attached hydrogens (tertiary/aromatic N) is 6. The lowest BCUT2D eigenvalue weighted by molar-refractivity contribution is -0.650. The van der Waals surface area contributed by atoms with Gasteiger partial charge >= 0.3 is 5.97 Å². The molecular weight excluding hydrogens is 665 g/mol. The van der Waals surface area contributed by atoms with Gasteiger partial charge in [0.15, 0.2) is 11.6 Å². The third-order valence-corrected chi connectivity index (χ3v) is 10.1. The summed E-state index contributed by atoms with van der Waals surface area (Å²) < 4.78 is 8.05. The fraction of sp³-hybridized carbons (Fsp3) is 0.214. The molecule has 0 aliphatic carbocycles. The van der Waals surface area contributed by atoms with Crippen molar-refractivity contribution in [3.05, 3.63) is 90.5 Å². The van der Waals surface area contributed by atoms with Crippen molar-refractivity contribution in [1.82, 2.24) is 34.9 Å². The molecule has 4 aromatic carbocycles. The highest BCUT2D eigenvalue weighted by Crippen LogP contribution is 2.37. The molecule has 0 fully saturated rings. The maximum Gasteiger partial charge on any atom is 0.312 e. The van der Waals surface area contributed by atoms with E-state index in [-0.39, 0.29) is 12.0 Å². The quantitative estimate of drug-likeness (QED) is 0.156. The van der Waals surface area contributed by atoms with Gasteiger partial charge in [-0.2, -0.15) is 0 Å². The SMILES string of the molecule is C[n+]1c2nc3[nH]c(nc4nc(nc5[nH]c(nc1-c1ccccc1-2)c1cc(C(C)(C)C)ccc51)-c1ccccc1-4)c1ccc(OCC(C)(C)C(=O)O)cc31. The van der Waals surface area contributed by atoms with Gasteiger partial charge in [0.1, 0.15) is 23.7 Å². The Morgan fingerprint density at radius 1 is 0.642 bits per heavy atom. The zero-order valence-corrected chi connectivity index (χ0v) is 30.2. The average Bonchev–Trinajstić information content (AvgIpc) is 3.84. The van der Waals surface area contributed by atoms with E-state index in [0.29, 0.717) is 45.8 Å². The molecule has 0 spiro atoms. The molecule has 0 radical (unpaired) electrons. The second-order valence-electron chi connectivity index (χ2n) is 15.3. The molecule has 9 rings (SSSR count). The summed E-state index contributed by atoms with van der Waals surface area (Å²) in [6.07, 6.45) is 0. The topological polar surface area (TPSA) is 146 Å². The van der Waals surface area contributed by atoms with Crippen LogP contribution in [0.1, 0.15) is 40.2 Å². The molecule has 2 aliphatic heterocycles. The van der Waals surface area contributed by atoms with Crippen LogP contribution in [0.2, 0.25) is 0 Å². The van der Waals surface area contributed by atoms with Crippen LogP contribution < -0.4 is 9.30 Å². The monoisotopic (exact) mass is 701 g/mol. The van der Waals surface area contributed by atoms with Crippen molar-refractivity contribution in [2.24, 2.45) is 12.5 Å². The largest absolute Gasteiger partial charge is 0.492 e. The van der Waals surface area contributed by atoms with Crippen molar-refractivity contribution < 1.29 is 19.2 Å². The molecule has 0 atom stereocenters. The highest BCUT2D eigenvalue weighted by molar-refractivity contribution is 6.06. The third kappa shape index (κ3) is 5.30. The fourth-order valence-electron chi connectivity index (χ4n) is 6.89. The molecular formula is C42H37N8O3+. The van der Waals surface area contributed by atoms with Crippen LogP contribution in [0.4, 0.5) is 0 Å². The van der Waals surface area contributed by atoms with Crippen LogP contribution in [0.15, 0.2) is 84.9 Å². The Hall–Kier alpha value is -6.49. The Kier molecular flexibility index (Phi) is 7.04. The predicted molar refractivity (Wildman–Crippen MR) is 205 cm³/mol. The number of hydrogen-bond donors (Lipinski definition) is 3. The van der Waals surface area contributed by atoms with E-state index in [0.717, 1.165) is 49.6 Å². The molecule has 262 valence electrons. The Balaban J connectivity index is 1.41. The molecule has 7 aromatic rings. The molecule has 3 aromatic heterocycles. The van der Waals surface area contributed by atoms with Gasteiger partial charge in [0.05, 0.1) is 23.6 Å². The average molecular weight is 702 g/mol. The van der Waals surface area contributed by atoms with E-state index in [2.05, 4.69) is 55.0 Å². The minimum absolute atomic E-state index is 0.00274. The molecule has 0 saturated heterocycles. The van der Waals surface area contributed by atoms with Gasteiger partial charge in [0, 0.05) is 32.7 Å². The minimum atomic E-state index is -1.07. The summed E-state index contributed by atoms with van der Waals surface area (Å²) in [6, 6.07) is 28.2. The van der Waals surface area contributed by atoms with Gasteiger partial charge in [-0.1, -0.05) is 79.3 Å². The molecule has 0 saturated carbocycles. The number of hydrogen-bond acceptors (Lipinski definition) is 7. The number of aliphatic carboxylic acids is 1. The summed E-state index contributed by atoms with van der Waals surface area (Å²) in [4.78, 5) is 44.7. The number of fused-ring (bicyclic) bond motifs is 20. The number of carboxylic acid groups (broad SMARTS) is 1. The van der Waals surface area contributed by atoms with Crippen LogP contribution in [0.3, 0.4) is 0 Å². The van der Waals surface area contributed by atoms with Crippen molar-refractivity contribution in [2.45, 2.75) is 40.0 Å². The summed E-state index contributed by atoms with van der Waals surface area (Å²) in [5.74, 6) is 2.10. The Bertz CT molecular complexity index is 2860. The number of H-pyrrole nitrogens is 2. The van der Waals surface area contributed by atoms with E-state index < -0.39 is 11.4 Å². The van der Waals surface area contributed by atoms with Gasteiger partial charge in [-0.25, -0.2) is 19.5 Å². The number of carbonyl (C=O) groups is 1. The van der Waals surface area contributed by atoms with Crippen LogP contribution in [0, 0.1) is 5.41 Å². The standard InChI is InChI=1S/C42H36N8O3/c1-41(2,3)22-15-17-26-30(19-22)36-46-34(26)44-32-24-11-7-8-12-25(24)33(43-32)45-35-27-18-16-23(53-21-42(4,5)40(51)52)20-31(27)37(47-35)49-39-29-14-10-9-13-28(29)38(48-36)50(39)6/h7-20H,21H2,1-6H3,(H2,43,44,45,46,47,48,49,51,52)/p+1. The molecule has 0 amide bonds. The maximum absolute atomic E-state index is 11.8. The lowest BCUT2D eigenvalue weighted by Crippen LogP contribution is -2.30. The smallest absolute Gasteiger partial charge is 0.312 e. The van der Waals surface area contributed by atoms with Crippen molar-refractivity contribution in [1.29, 1.82) is 0 Å². The van der Waals surface area contributed by atoms with Gasteiger partial charge in [-0.3, -0.25) is 4.79 Å². The molecule has 11 nitrogen and oxygen atoms in total. The normalized spacial score (nSPS) is 12.6. The third-order valence-electron chi connectivity index (χ3n) is 10.1. The van der Waals surface area contributed by atoms with E-state index in [1.807, 2.05) is 72.3 Å². The first-order valence-corrected chi connectivity index (χ1v) is 17.5. The summed E-state index contributed by atoms with van der Waals surface area (Å²) in [5, 5.41) is 13.2. The molecule has 2 aliphatic rings. The highest BCUT2D eigenvalue weighted by atomic mass is 16.5. The summed E-state index contributed by atoms with van der Waals surface area (Å²) >= 11 is 0. The van der Waals surface area contributed by atoms with Gasteiger partial charge < -0.3 is 19.8 Å². The number of nitrogens with one attached hydrogen (secondary N) is 2. The maximum atomic E-state index is 11.8. The van der Waals surface area contributed by atoms with Gasteiger partial charge in [0.25, 0.3) is 11.6 Å². The van der Waals surface area contributed by atoms with Gasteiger partial charge in [-0.15, -0.1) is 0 Å². The summed E-state index contributed by atoms with van der Waals surface area (Å²) in [5.41, 5.74) is 6.14. The fourth-order valence-corrected chi connectivity index (χ4v) is 6.89. The van der Waals surface area contributed by atoms with Crippen molar-refractivity contribution >= 4 is 50.1 Å². The Labute approximate surface area is 304 Å². The lowest BCUT2D eigenvalue weighted by Gasteiger charge is -2.19. The highest BCUT2D eigenvalue weighted by Gasteiger charge is 2.30. The van der Waals surface area contributed by atoms with Crippen LogP contribution >= 0.6 is 0 Å². The van der Waals surface area contributed by atoms with Crippen LogP contribution in [-0.2, 0) is 17.3 Å². The molecule has 3 N–H and O–H groups in total. The first-order chi connectivity index (χ1) is 25.4. The van der Waals surface area contributed by atoms with E-state index in [9.17, 15) is 9.90 Å². The van der Waals surface area contributed by atoms with Crippen LogP contribution in [-0.4, -0.2) is 52.6 Å². The molecule has 5 heterocycles. The zero-order valence-electron chi connectivity index (χ0n) is 30.2. The zero-order chi connectivity index (χ0) is 36.8. The van der Waals surface area contributed by atoms with Crippen molar-refractivity contribution in [2.75, 3.05) is 6.61 Å². The number of ether oxygens (including phenoxy) is 1. The summed E-state index contributed by atoms with van der Waals surface area (Å²) in [6.45, 7) is 9.89. The van der Waals surface area contributed by atoms with E-state index >= 15 is 0 Å². The summed E-state index contributed by atoms with van der Waals surface area (Å²) in [7, 11) is 1.97. The molecule has 53 heavy (non-hydrogen) atoms.